The molecule has 0 saturated heterocycles. The van der Waals surface area contributed by atoms with Gasteiger partial charge < -0.3 is 10.1 Å². The first-order chi connectivity index (χ1) is 8.19. The number of esters is 1. The number of nitrogens with zero attached hydrogens (tertiary/aromatic N) is 3. The van der Waals surface area contributed by atoms with Crippen LogP contribution in [-0.2, 0) is 16.6 Å². The summed E-state index contributed by atoms with van der Waals surface area (Å²) in [6.45, 7) is 2.84. The van der Waals surface area contributed by atoms with Gasteiger partial charge in [-0.1, -0.05) is 18.7 Å². The number of nitrogens with one attached hydrogen (secondary N) is 1. The molecule has 6 nitrogen and oxygen atoms in total. The van der Waals surface area contributed by atoms with Crippen LogP contribution in [0.1, 0.15) is 13.3 Å². The molecular formula is C10H18N4O2S. The van der Waals surface area contributed by atoms with Gasteiger partial charge in [0.1, 0.15) is 12.4 Å². The van der Waals surface area contributed by atoms with Crippen molar-refractivity contribution >= 4 is 17.7 Å². The molecule has 1 heterocycles. The number of rotatable bonds is 7. The molecule has 0 aliphatic rings. The number of carbonyl (C=O) groups is 1. The summed E-state index contributed by atoms with van der Waals surface area (Å²) >= 11 is 1.48. The fourth-order valence-corrected chi connectivity index (χ4v) is 2.17. The van der Waals surface area contributed by atoms with Crippen LogP contribution in [0.25, 0.3) is 0 Å². The zero-order chi connectivity index (χ0) is 12.7. The molecule has 0 bridgehead atoms. The van der Waals surface area contributed by atoms with Crippen molar-refractivity contribution in [2.75, 3.05) is 19.4 Å². The van der Waals surface area contributed by atoms with E-state index in [-0.39, 0.29) is 12.0 Å². The van der Waals surface area contributed by atoms with E-state index in [0.717, 1.165) is 18.1 Å². The van der Waals surface area contributed by atoms with Crippen LogP contribution in [0.3, 0.4) is 0 Å². The van der Waals surface area contributed by atoms with E-state index in [2.05, 4.69) is 22.3 Å². The molecule has 1 unspecified atom stereocenters. The number of ether oxygens (including phenoxy) is 1. The zero-order valence-electron chi connectivity index (χ0n) is 10.3. The third-order valence-electron chi connectivity index (χ3n) is 2.18. The van der Waals surface area contributed by atoms with Crippen molar-refractivity contribution in [1.82, 2.24) is 20.1 Å². The third kappa shape index (κ3) is 4.35. The monoisotopic (exact) mass is 258 g/mol. The van der Waals surface area contributed by atoms with Gasteiger partial charge in [0.2, 0.25) is 0 Å². The van der Waals surface area contributed by atoms with E-state index in [0.29, 0.717) is 5.75 Å². The predicted octanol–water partition coefficient (Wildman–Crippen LogP) is 0.448. The summed E-state index contributed by atoms with van der Waals surface area (Å²) < 4.78 is 6.43. The highest BCUT2D eigenvalue weighted by molar-refractivity contribution is 7.99. The Hall–Kier alpha value is -1.08. The van der Waals surface area contributed by atoms with Gasteiger partial charge in [0.15, 0.2) is 5.16 Å². The smallest absolute Gasteiger partial charge is 0.323 e. The maximum atomic E-state index is 11.5. The van der Waals surface area contributed by atoms with E-state index in [1.165, 1.54) is 25.2 Å². The largest absolute Gasteiger partial charge is 0.468 e. The Kier molecular flexibility index (Phi) is 5.99. The zero-order valence-corrected chi connectivity index (χ0v) is 11.2. The first kappa shape index (κ1) is 14.0. The maximum absolute atomic E-state index is 11.5. The minimum Gasteiger partial charge on any atom is -0.468 e. The van der Waals surface area contributed by atoms with Gasteiger partial charge in [-0.3, -0.25) is 4.79 Å². The van der Waals surface area contributed by atoms with Crippen LogP contribution in [-0.4, -0.2) is 46.2 Å². The second-order valence-corrected chi connectivity index (χ2v) is 4.49. The van der Waals surface area contributed by atoms with Crippen LogP contribution < -0.4 is 5.32 Å². The van der Waals surface area contributed by atoms with Gasteiger partial charge in [-0.15, -0.1) is 0 Å². The Balaban J connectivity index is 2.48. The van der Waals surface area contributed by atoms with Crippen molar-refractivity contribution in [2.45, 2.75) is 24.5 Å². The molecule has 1 aromatic rings. The Morgan fingerprint density at radius 1 is 1.71 bits per heavy atom. The summed E-state index contributed by atoms with van der Waals surface area (Å²) in [7, 11) is 3.22. The van der Waals surface area contributed by atoms with E-state index in [1.54, 1.807) is 4.68 Å². The Labute approximate surface area is 105 Å². The van der Waals surface area contributed by atoms with Gasteiger partial charge in [0.25, 0.3) is 0 Å². The Bertz CT molecular complexity index is 356. The molecule has 7 heteroatoms. The lowest BCUT2D eigenvalue weighted by atomic mass is 10.3. The van der Waals surface area contributed by atoms with E-state index in [1.807, 2.05) is 7.05 Å². The molecule has 0 spiro atoms. The molecular weight excluding hydrogens is 240 g/mol. The second-order valence-electron chi connectivity index (χ2n) is 3.51. The summed E-state index contributed by atoms with van der Waals surface area (Å²) in [6, 6.07) is -0.304. The quantitative estimate of drug-likeness (QED) is 0.565. The number of methoxy groups -OCH3 is 1. The van der Waals surface area contributed by atoms with E-state index < -0.39 is 0 Å². The van der Waals surface area contributed by atoms with Crippen LogP contribution in [0.4, 0.5) is 0 Å². The maximum Gasteiger partial charge on any atom is 0.323 e. The Morgan fingerprint density at radius 3 is 3.00 bits per heavy atom. The molecule has 17 heavy (non-hydrogen) atoms. The molecule has 1 rings (SSSR count). The highest BCUT2D eigenvalue weighted by atomic mass is 32.2. The van der Waals surface area contributed by atoms with Gasteiger partial charge in [-0.05, 0) is 13.0 Å². The standard InChI is InChI=1S/C10H18N4O2S/c1-4-5-11-8(9(15)16-3)6-17-10-12-7-13-14(10)2/h7-8,11H,4-6H2,1-3H3. The number of aromatic nitrogens is 3. The molecule has 0 saturated carbocycles. The van der Waals surface area contributed by atoms with Crippen molar-refractivity contribution in [3.8, 4) is 0 Å². The molecule has 0 fully saturated rings. The number of carbonyl (C=O) groups excluding carboxylic acids is 1. The molecule has 0 aromatic carbocycles. The lowest BCUT2D eigenvalue weighted by molar-refractivity contribution is -0.142. The van der Waals surface area contributed by atoms with Crippen molar-refractivity contribution in [2.24, 2.45) is 7.05 Å². The van der Waals surface area contributed by atoms with Gasteiger partial charge in [0.05, 0.1) is 7.11 Å². The highest BCUT2D eigenvalue weighted by Crippen LogP contribution is 2.14. The van der Waals surface area contributed by atoms with Gasteiger partial charge >= 0.3 is 5.97 Å². The first-order valence-corrected chi connectivity index (χ1v) is 6.45. The SMILES string of the molecule is CCCNC(CSc1ncnn1C)C(=O)OC. The molecule has 96 valence electrons. The minimum absolute atomic E-state index is 0.242. The number of hydrogen-bond donors (Lipinski definition) is 1. The normalized spacial score (nSPS) is 12.4. The molecule has 0 radical (unpaired) electrons. The van der Waals surface area contributed by atoms with Crippen molar-refractivity contribution < 1.29 is 9.53 Å². The summed E-state index contributed by atoms with van der Waals surface area (Å²) in [5.74, 6) is 0.340. The van der Waals surface area contributed by atoms with Crippen LogP contribution in [0.15, 0.2) is 11.5 Å². The van der Waals surface area contributed by atoms with Gasteiger partial charge in [0, 0.05) is 12.8 Å². The second kappa shape index (κ2) is 7.29. The van der Waals surface area contributed by atoms with Crippen LogP contribution in [0, 0.1) is 0 Å². The average molecular weight is 258 g/mol. The molecule has 0 aliphatic carbocycles. The average Bonchev–Trinajstić information content (AvgIpc) is 2.74. The van der Waals surface area contributed by atoms with Gasteiger partial charge in [-0.25, -0.2) is 9.67 Å². The Morgan fingerprint density at radius 2 is 2.47 bits per heavy atom. The molecule has 1 atom stereocenters. The van der Waals surface area contributed by atoms with E-state index >= 15 is 0 Å². The van der Waals surface area contributed by atoms with Crippen molar-refractivity contribution in [3.05, 3.63) is 6.33 Å². The van der Waals surface area contributed by atoms with Crippen LogP contribution in [0.2, 0.25) is 0 Å². The minimum atomic E-state index is -0.304. The summed E-state index contributed by atoms with van der Waals surface area (Å²) in [5.41, 5.74) is 0. The van der Waals surface area contributed by atoms with E-state index in [4.69, 9.17) is 4.74 Å². The fraction of sp³-hybridized carbons (Fsp3) is 0.700. The molecule has 1 aromatic heterocycles. The third-order valence-corrected chi connectivity index (χ3v) is 3.30. The number of aryl methyl sites for hydroxylation is 1. The summed E-state index contributed by atoms with van der Waals surface area (Å²) in [5, 5.41) is 7.91. The number of thioether (sulfide) groups is 1. The lowest BCUT2D eigenvalue weighted by Crippen LogP contribution is -2.40. The van der Waals surface area contributed by atoms with E-state index in [9.17, 15) is 4.79 Å². The van der Waals surface area contributed by atoms with Crippen LogP contribution in [0.5, 0.6) is 0 Å². The lowest BCUT2D eigenvalue weighted by Gasteiger charge is -2.15. The molecule has 0 amide bonds. The predicted molar refractivity (Wildman–Crippen MR) is 65.8 cm³/mol. The number of hydrogen-bond acceptors (Lipinski definition) is 6. The van der Waals surface area contributed by atoms with Crippen molar-refractivity contribution in [1.29, 1.82) is 0 Å². The highest BCUT2D eigenvalue weighted by Gasteiger charge is 2.19. The summed E-state index contributed by atoms with van der Waals surface area (Å²) in [4.78, 5) is 15.6. The summed E-state index contributed by atoms with van der Waals surface area (Å²) in [6.07, 6.45) is 2.47. The first-order valence-electron chi connectivity index (χ1n) is 5.47. The molecule has 1 N–H and O–H groups in total. The topological polar surface area (TPSA) is 69.0 Å². The van der Waals surface area contributed by atoms with Gasteiger partial charge in [-0.2, -0.15) is 5.10 Å². The fourth-order valence-electron chi connectivity index (χ4n) is 1.25. The molecule has 0 aliphatic heterocycles. The van der Waals surface area contributed by atoms with Crippen LogP contribution >= 0.6 is 11.8 Å². The van der Waals surface area contributed by atoms with Crippen molar-refractivity contribution in [3.63, 3.8) is 0 Å².